The van der Waals surface area contributed by atoms with Crippen molar-refractivity contribution < 1.29 is 103 Å². The van der Waals surface area contributed by atoms with Crippen LogP contribution in [0.2, 0.25) is 0 Å². The van der Waals surface area contributed by atoms with Gasteiger partial charge in [-0.1, -0.05) is 0 Å². The molecule has 0 aromatic heterocycles. The Morgan fingerprint density at radius 1 is 1.00 bits per heavy atom. The summed E-state index contributed by atoms with van der Waals surface area (Å²) in [6, 6.07) is 0. The zero-order chi connectivity index (χ0) is 0. The molecule has 0 aliphatic rings. The molecule has 0 aromatic carbocycles. The summed E-state index contributed by atoms with van der Waals surface area (Å²) in [6.07, 6.45) is 0. The molecule has 0 aromatic rings. The maximum absolute atomic E-state index is 0. The normalized spacial score (nSPS) is 0. The smallest absolute Gasteiger partial charge is 0 e. The maximum atomic E-state index is 0. The third kappa shape index (κ3) is 9.42. The summed E-state index contributed by atoms with van der Waals surface area (Å²) in [5.41, 5.74) is 0. The van der Waals surface area contributed by atoms with E-state index in [1.807, 2.05) is 0 Å². The van der Waals surface area contributed by atoms with Gasteiger partial charge in [0.1, 0.15) is 0 Å². The van der Waals surface area contributed by atoms with Crippen molar-refractivity contribution in [2.75, 3.05) is 0 Å². The van der Waals surface area contributed by atoms with Gasteiger partial charge >= 0.3 is 0 Å². The Balaban J connectivity index is 0. The first-order valence-corrected chi connectivity index (χ1v) is 0. The zero-order valence-corrected chi connectivity index (χ0v) is 9.92. The van der Waals surface area contributed by atoms with Crippen LogP contribution in [0.25, 0.3) is 0 Å². The van der Waals surface area contributed by atoms with E-state index in [1.165, 1.54) is 0 Å². The SMILES string of the molecule is [Ga].[Gd].[Lu].[Sc]. The van der Waals surface area contributed by atoms with Gasteiger partial charge in [0.25, 0.3) is 0 Å². The summed E-state index contributed by atoms with van der Waals surface area (Å²) in [5.74, 6) is 0. The molecular weight excluding hydrogens is 447 g/mol. The van der Waals surface area contributed by atoms with E-state index in [1.54, 1.807) is 0 Å². The molecule has 5 radical (unpaired) electrons. The predicted octanol–water partition coefficient (Wildman–Crippen LogP) is -0.383. The minimum absolute atomic E-state index is 0. The topological polar surface area (TPSA) is 0 Å². The molecule has 0 heterocycles. The summed E-state index contributed by atoms with van der Waals surface area (Å²) in [7, 11) is 0. The summed E-state index contributed by atoms with van der Waals surface area (Å²) in [5, 5.41) is 0. The largest absolute Gasteiger partial charge is 0 e. The van der Waals surface area contributed by atoms with Crippen molar-refractivity contribution in [2.45, 2.75) is 0 Å². The molecule has 4 heteroatoms. The van der Waals surface area contributed by atoms with Crippen molar-refractivity contribution in [1.29, 1.82) is 0 Å². The maximum Gasteiger partial charge on any atom is 0 e. The van der Waals surface area contributed by atoms with Gasteiger partial charge < -0.3 is 0 Å². The molecule has 0 rings (SSSR count). The van der Waals surface area contributed by atoms with Crippen molar-refractivity contribution in [3.05, 3.63) is 0 Å². The second-order valence-electron chi connectivity index (χ2n) is 0. The van der Waals surface area contributed by atoms with Gasteiger partial charge in [-0.15, -0.1) is 0 Å². The zero-order valence-electron chi connectivity index (χ0n) is 1.77. The first-order chi connectivity index (χ1) is 0. The van der Waals surface area contributed by atoms with Gasteiger partial charge in [0, 0.05) is 122 Å². The summed E-state index contributed by atoms with van der Waals surface area (Å²) in [6.45, 7) is 0. The average molecular weight is 447 g/mol. The van der Waals surface area contributed by atoms with Crippen LogP contribution in [0.15, 0.2) is 0 Å². The molecule has 4 heavy (non-hydrogen) atoms. The van der Waals surface area contributed by atoms with E-state index in [2.05, 4.69) is 0 Å². The van der Waals surface area contributed by atoms with Crippen molar-refractivity contribution in [3.8, 4) is 0 Å². The third-order valence-corrected chi connectivity index (χ3v) is 0. The molecule has 0 unspecified atom stereocenters. The van der Waals surface area contributed by atoms with Crippen molar-refractivity contribution >= 4 is 19.8 Å². The Morgan fingerprint density at radius 2 is 1.00 bits per heavy atom. The minimum atomic E-state index is 0. The standard InChI is InChI=1S/Ga.Gd.Lu.Sc. The fourth-order valence-electron chi connectivity index (χ4n) is 0. The molecule has 0 saturated carbocycles. The van der Waals surface area contributed by atoms with Crippen LogP contribution in [0.1, 0.15) is 0 Å². The Bertz CT molecular complexity index is 8.00. The van der Waals surface area contributed by atoms with Crippen molar-refractivity contribution in [1.82, 2.24) is 0 Å². The summed E-state index contributed by atoms with van der Waals surface area (Å²) in [4.78, 5) is 0. The molecule has 0 amide bonds. The molecule has 0 aliphatic heterocycles. The van der Waals surface area contributed by atoms with Gasteiger partial charge in [-0.05, 0) is 0 Å². The van der Waals surface area contributed by atoms with E-state index in [9.17, 15) is 0 Å². The third-order valence-electron chi connectivity index (χ3n) is 0. The molecule has 0 atom stereocenters. The van der Waals surface area contributed by atoms with Gasteiger partial charge in [0.05, 0.1) is 0 Å². The van der Waals surface area contributed by atoms with Crippen molar-refractivity contribution in [2.24, 2.45) is 0 Å². The molecule has 0 nitrogen and oxygen atoms in total. The fraction of sp³-hybridized carbons (Fsp3) is 0. The number of rotatable bonds is 0. The van der Waals surface area contributed by atoms with E-state index in [0.29, 0.717) is 0 Å². The van der Waals surface area contributed by atoms with E-state index in [4.69, 9.17) is 0 Å². The van der Waals surface area contributed by atoms with Crippen LogP contribution < -0.4 is 0 Å². The number of hydrogen-bond acceptors (Lipinski definition) is 0. The second kappa shape index (κ2) is 15.7. The fourth-order valence-corrected chi connectivity index (χ4v) is 0. The van der Waals surface area contributed by atoms with Crippen LogP contribution in [0.4, 0.5) is 0 Å². The monoisotopic (exact) mass is 447 g/mol. The summed E-state index contributed by atoms with van der Waals surface area (Å²) >= 11 is 0. The van der Waals surface area contributed by atoms with Gasteiger partial charge in [-0.25, -0.2) is 0 Å². The molecule has 29 valence electrons. The van der Waals surface area contributed by atoms with E-state index in [-0.39, 0.29) is 122 Å². The Morgan fingerprint density at radius 3 is 1.00 bits per heavy atom. The molecular formula is GaGdLuSc. The second-order valence-corrected chi connectivity index (χ2v) is 0. The van der Waals surface area contributed by atoms with Crippen molar-refractivity contribution in [3.63, 3.8) is 0 Å². The van der Waals surface area contributed by atoms with Gasteiger partial charge in [-0.3, -0.25) is 0 Å². The Labute approximate surface area is 119 Å². The molecule has 0 N–H and O–H groups in total. The molecule has 0 aliphatic carbocycles. The van der Waals surface area contributed by atoms with E-state index < -0.39 is 0 Å². The van der Waals surface area contributed by atoms with Crippen LogP contribution in [-0.2, 0) is 25.8 Å². The quantitative estimate of drug-likeness (QED) is 0.445. The molecule has 0 spiro atoms. The molecule has 0 saturated heterocycles. The molecule has 0 bridgehead atoms. The van der Waals surface area contributed by atoms with Gasteiger partial charge in [-0.2, -0.15) is 0 Å². The van der Waals surface area contributed by atoms with Crippen LogP contribution in [-0.4, -0.2) is 19.8 Å². The average Bonchev–Trinajstić information content (AvgIpc) is 0. The van der Waals surface area contributed by atoms with Gasteiger partial charge in [0.2, 0.25) is 0 Å². The van der Waals surface area contributed by atoms with Crippen LogP contribution in [0, 0.1) is 76.8 Å². The molecule has 0 fully saturated rings. The minimum Gasteiger partial charge on any atom is 0 e. The first kappa shape index (κ1) is 24.4. The Hall–Kier alpha value is 4.06. The van der Waals surface area contributed by atoms with Gasteiger partial charge in [0.15, 0.2) is 0 Å². The van der Waals surface area contributed by atoms with E-state index in [0.717, 1.165) is 0 Å². The van der Waals surface area contributed by atoms with Crippen LogP contribution in [0.3, 0.4) is 0 Å². The number of hydrogen-bond donors (Lipinski definition) is 0. The van der Waals surface area contributed by atoms with Crippen LogP contribution in [0.5, 0.6) is 0 Å². The Kier molecular flexibility index (Phi) is 95.8. The predicted molar refractivity (Wildman–Crippen MR) is 5.75 cm³/mol. The summed E-state index contributed by atoms with van der Waals surface area (Å²) < 4.78 is 0. The van der Waals surface area contributed by atoms with Crippen LogP contribution >= 0.6 is 0 Å². The first-order valence-electron chi connectivity index (χ1n) is 0. The van der Waals surface area contributed by atoms with E-state index >= 15 is 0 Å².